The Kier molecular flexibility index (Phi) is 3.75. The topological polar surface area (TPSA) is 42.7 Å². The lowest BCUT2D eigenvalue weighted by Crippen LogP contribution is -2.04. The summed E-state index contributed by atoms with van der Waals surface area (Å²) in [6.07, 6.45) is 6.83. The fourth-order valence-electron chi connectivity index (χ4n) is 1.64. The van der Waals surface area contributed by atoms with Crippen molar-refractivity contribution in [2.75, 3.05) is 11.9 Å². The molecule has 1 N–H and O–H groups in total. The van der Waals surface area contributed by atoms with Crippen LogP contribution in [0.4, 0.5) is 5.82 Å². The van der Waals surface area contributed by atoms with Gasteiger partial charge in [-0.2, -0.15) is 0 Å². The Bertz CT molecular complexity index is 459. The minimum atomic E-state index is 0.826. The van der Waals surface area contributed by atoms with Gasteiger partial charge in [0.25, 0.3) is 0 Å². The van der Waals surface area contributed by atoms with Crippen LogP contribution < -0.4 is 5.32 Å². The van der Waals surface area contributed by atoms with Crippen LogP contribution >= 0.6 is 0 Å². The van der Waals surface area contributed by atoms with Crippen molar-refractivity contribution in [3.8, 4) is 0 Å². The zero-order valence-electron chi connectivity index (χ0n) is 10.3. The van der Waals surface area contributed by atoms with Gasteiger partial charge in [0.2, 0.25) is 0 Å². The molecule has 2 rings (SSSR count). The number of anilines is 1. The van der Waals surface area contributed by atoms with Crippen molar-refractivity contribution in [2.45, 2.75) is 26.8 Å². The van der Waals surface area contributed by atoms with Gasteiger partial charge in [0.15, 0.2) is 0 Å². The summed E-state index contributed by atoms with van der Waals surface area (Å²) in [4.78, 5) is 8.58. The standard InChI is InChI=1S/C13H18N4/c1-3-6-15-13-5-4-12(9-16-13)10-17-8-7-14-11(17)2/h4-5,7-9H,3,6,10H2,1-2H3,(H,15,16). The van der Waals surface area contributed by atoms with Gasteiger partial charge in [-0.3, -0.25) is 0 Å². The molecular formula is C13H18N4. The fraction of sp³-hybridized carbons (Fsp3) is 0.385. The van der Waals surface area contributed by atoms with E-state index in [4.69, 9.17) is 0 Å². The minimum absolute atomic E-state index is 0.826. The van der Waals surface area contributed by atoms with Gasteiger partial charge in [-0.05, 0) is 25.0 Å². The highest BCUT2D eigenvalue weighted by molar-refractivity contribution is 5.35. The number of pyridine rings is 1. The molecule has 0 atom stereocenters. The third kappa shape index (κ3) is 3.06. The maximum atomic E-state index is 4.38. The van der Waals surface area contributed by atoms with Crippen molar-refractivity contribution in [3.05, 3.63) is 42.1 Å². The molecule has 4 heteroatoms. The molecule has 2 aromatic rings. The lowest BCUT2D eigenvalue weighted by molar-refractivity contribution is 0.758. The van der Waals surface area contributed by atoms with E-state index in [9.17, 15) is 0 Å². The van der Waals surface area contributed by atoms with E-state index in [2.05, 4.69) is 32.8 Å². The molecule has 0 fully saturated rings. The minimum Gasteiger partial charge on any atom is -0.370 e. The quantitative estimate of drug-likeness (QED) is 0.858. The first-order chi connectivity index (χ1) is 8.29. The lowest BCUT2D eigenvalue weighted by atomic mass is 10.3. The molecular weight excluding hydrogens is 212 g/mol. The zero-order chi connectivity index (χ0) is 12.1. The number of rotatable bonds is 5. The van der Waals surface area contributed by atoms with Gasteiger partial charge in [-0.1, -0.05) is 13.0 Å². The maximum Gasteiger partial charge on any atom is 0.125 e. The molecule has 0 aromatic carbocycles. The molecule has 17 heavy (non-hydrogen) atoms. The van der Waals surface area contributed by atoms with Crippen LogP contribution in [0.15, 0.2) is 30.7 Å². The predicted octanol–water partition coefficient (Wildman–Crippen LogP) is 2.46. The molecule has 0 saturated heterocycles. The van der Waals surface area contributed by atoms with Crippen LogP contribution in [0.25, 0.3) is 0 Å². The lowest BCUT2D eigenvalue weighted by Gasteiger charge is -2.07. The van der Waals surface area contributed by atoms with Crippen molar-refractivity contribution in [1.29, 1.82) is 0 Å². The summed E-state index contributed by atoms with van der Waals surface area (Å²) in [6.45, 7) is 5.94. The molecule has 2 heterocycles. The van der Waals surface area contributed by atoms with Crippen LogP contribution in [-0.4, -0.2) is 21.1 Å². The van der Waals surface area contributed by atoms with Gasteiger partial charge in [0, 0.05) is 25.1 Å². The third-order valence-corrected chi connectivity index (χ3v) is 2.66. The molecule has 0 unspecified atom stereocenters. The van der Waals surface area contributed by atoms with Gasteiger partial charge in [-0.15, -0.1) is 0 Å². The predicted molar refractivity (Wildman–Crippen MR) is 69.1 cm³/mol. The van der Waals surface area contributed by atoms with Gasteiger partial charge in [-0.25, -0.2) is 9.97 Å². The van der Waals surface area contributed by atoms with Gasteiger partial charge < -0.3 is 9.88 Å². The summed E-state index contributed by atoms with van der Waals surface area (Å²) in [7, 11) is 0. The molecule has 0 saturated carbocycles. The number of nitrogens with zero attached hydrogens (tertiary/aromatic N) is 3. The monoisotopic (exact) mass is 230 g/mol. The van der Waals surface area contributed by atoms with Crippen LogP contribution in [0.1, 0.15) is 24.7 Å². The van der Waals surface area contributed by atoms with E-state index in [0.717, 1.165) is 31.2 Å². The average Bonchev–Trinajstić information content (AvgIpc) is 2.74. The normalized spacial score (nSPS) is 10.5. The molecule has 4 nitrogen and oxygen atoms in total. The smallest absolute Gasteiger partial charge is 0.125 e. The maximum absolute atomic E-state index is 4.38. The first-order valence-electron chi connectivity index (χ1n) is 5.96. The SMILES string of the molecule is CCCNc1ccc(Cn2ccnc2C)cn1. The number of aromatic nitrogens is 3. The van der Waals surface area contributed by atoms with E-state index in [0.29, 0.717) is 0 Å². The van der Waals surface area contributed by atoms with Crippen LogP contribution in [0, 0.1) is 6.92 Å². The number of imidazole rings is 1. The Balaban J connectivity index is 2.01. The van der Waals surface area contributed by atoms with Crippen molar-refractivity contribution in [3.63, 3.8) is 0 Å². The van der Waals surface area contributed by atoms with E-state index in [1.165, 1.54) is 5.56 Å². The van der Waals surface area contributed by atoms with E-state index in [-0.39, 0.29) is 0 Å². The molecule has 0 amide bonds. The van der Waals surface area contributed by atoms with Crippen LogP contribution in [0.5, 0.6) is 0 Å². The Morgan fingerprint density at radius 1 is 1.29 bits per heavy atom. The molecule has 0 radical (unpaired) electrons. The second-order valence-corrected chi connectivity index (χ2v) is 4.08. The number of aryl methyl sites for hydroxylation is 1. The first-order valence-corrected chi connectivity index (χ1v) is 5.96. The summed E-state index contributed by atoms with van der Waals surface area (Å²) in [5.41, 5.74) is 1.19. The van der Waals surface area contributed by atoms with Crippen LogP contribution in [-0.2, 0) is 6.54 Å². The van der Waals surface area contributed by atoms with Crippen molar-refractivity contribution in [2.24, 2.45) is 0 Å². The van der Waals surface area contributed by atoms with Gasteiger partial charge in [0.1, 0.15) is 11.6 Å². The second-order valence-electron chi connectivity index (χ2n) is 4.08. The van der Waals surface area contributed by atoms with Crippen molar-refractivity contribution >= 4 is 5.82 Å². The van der Waals surface area contributed by atoms with Crippen molar-refractivity contribution in [1.82, 2.24) is 14.5 Å². The van der Waals surface area contributed by atoms with E-state index >= 15 is 0 Å². The highest BCUT2D eigenvalue weighted by Gasteiger charge is 1.99. The van der Waals surface area contributed by atoms with Gasteiger partial charge >= 0.3 is 0 Å². The average molecular weight is 230 g/mol. The molecule has 0 spiro atoms. The number of hydrogen-bond donors (Lipinski definition) is 1. The molecule has 2 aromatic heterocycles. The first kappa shape index (κ1) is 11.6. The summed E-state index contributed by atoms with van der Waals surface area (Å²) in [6, 6.07) is 4.13. The Morgan fingerprint density at radius 2 is 2.18 bits per heavy atom. The van der Waals surface area contributed by atoms with E-state index in [1.54, 1.807) is 0 Å². The summed E-state index contributed by atoms with van der Waals surface area (Å²) >= 11 is 0. The molecule has 0 aliphatic carbocycles. The van der Waals surface area contributed by atoms with Crippen LogP contribution in [0.3, 0.4) is 0 Å². The molecule has 0 aliphatic rings. The van der Waals surface area contributed by atoms with Gasteiger partial charge in [0.05, 0.1) is 6.54 Å². The number of nitrogens with one attached hydrogen (secondary N) is 1. The van der Waals surface area contributed by atoms with E-state index in [1.807, 2.05) is 31.6 Å². The molecule has 90 valence electrons. The second kappa shape index (κ2) is 5.48. The van der Waals surface area contributed by atoms with E-state index < -0.39 is 0 Å². The largest absolute Gasteiger partial charge is 0.370 e. The van der Waals surface area contributed by atoms with Crippen molar-refractivity contribution < 1.29 is 0 Å². The number of hydrogen-bond acceptors (Lipinski definition) is 3. The highest BCUT2D eigenvalue weighted by Crippen LogP contribution is 2.08. The highest BCUT2D eigenvalue weighted by atomic mass is 15.1. The molecule has 0 aliphatic heterocycles. The summed E-state index contributed by atoms with van der Waals surface area (Å²) in [5.74, 6) is 1.97. The third-order valence-electron chi connectivity index (χ3n) is 2.66. The molecule has 0 bridgehead atoms. The fourth-order valence-corrected chi connectivity index (χ4v) is 1.64. The summed E-state index contributed by atoms with van der Waals surface area (Å²) < 4.78 is 2.11. The Labute approximate surface area is 102 Å². The zero-order valence-corrected chi connectivity index (χ0v) is 10.3. The Hall–Kier alpha value is -1.84. The van der Waals surface area contributed by atoms with Crippen LogP contribution in [0.2, 0.25) is 0 Å². The Morgan fingerprint density at radius 3 is 2.76 bits per heavy atom. The summed E-state index contributed by atoms with van der Waals surface area (Å²) in [5, 5.41) is 3.26.